The van der Waals surface area contributed by atoms with Crippen molar-refractivity contribution in [2.45, 2.75) is 6.54 Å². The third-order valence-corrected chi connectivity index (χ3v) is 5.73. The predicted octanol–water partition coefficient (Wildman–Crippen LogP) is 4.83. The molecule has 1 aromatic carbocycles. The van der Waals surface area contributed by atoms with E-state index in [-0.39, 0.29) is 5.91 Å². The van der Waals surface area contributed by atoms with Crippen LogP contribution in [0.4, 0.5) is 0 Å². The summed E-state index contributed by atoms with van der Waals surface area (Å²) in [6.07, 6.45) is 5.41. The van der Waals surface area contributed by atoms with Gasteiger partial charge in [-0.3, -0.25) is 4.79 Å². The maximum atomic E-state index is 13.0. The number of nitrogens with zero attached hydrogens (tertiary/aromatic N) is 4. The van der Waals surface area contributed by atoms with Gasteiger partial charge in [-0.2, -0.15) is 5.10 Å². The van der Waals surface area contributed by atoms with E-state index in [1.165, 1.54) is 0 Å². The molecule has 0 radical (unpaired) electrons. The summed E-state index contributed by atoms with van der Waals surface area (Å²) in [6.45, 7) is 0.304. The zero-order valence-corrected chi connectivity index (χ0v) is 17.3. The topological polar surface area (TPSA) is 64.2 Å². The van der Waals surface area contributed by atoms with Gasteiger partial charge in [-0.25, -0.2) is 9.67 Å². The van der Waals surface area contributed by atoms with Crippen LogP contribution in [0.25, 0.3) is 21.9 Å². The lowest BCUT2D eigenvalue weighted by Gasteiger charge is -2.02. The van der Waals surface area contributed by atoms with Crippen LogP contribution in [0.1, 0.15) is 16.1 Å². The lowest BCUT2D eigenvalue weighted by atomic mass is 10.2. The summed E-state index contributed by atoms with van der Waals surface area (Å²) in [5.41, 5.74) is 3.60. The van der Waals surface area contributed by atoms with E-state index in [4.69, 9.17) is 11.6 Å². The number of pyridine rings is 1. The lowest BCUT2D eigenvalue weighted by molar-refractivity contribution is 0.0951. The Labute approximate surface area is 181 Å². The van der Waals surface area contributed by atoms with Crippen molar-refractivity contribution >= 4 is 34.5 Å². The van der Waals surface area contributed by atoms with Crippen LogP contribution < -0.4 is 5.32 Å². The Morgan fingerprint density at radius 3 is 2.70 bits per heavy atom. The molecular weight excluding hydrogens is 418 g/mol. The number of benzene rings is 1. The minimum absolute atomic E-state index is 0.198. The van der Waals surface area contributed by atoms with Crippen LogP contribution in [-0.4, -0.2) is 25.1 Å². The number of carbonyl (C=O) groups is 1. The second kappa shape index (κ2) is 7.78. The van der Waals surface area contributed by atoms with Crippen molar-refractivity contribution in [3.63, 3.8) is 0 Å². The minimum Gasteiger partial charge on any atom is -0.346 e. The molecule has 0 fully saturated rings. The largest absolute Gasteiger partial charge is 0.346 e. The molecule has 30 heavy (non-hydrogen) atoms. The molecule has 4 heterocycles. The molecule has 1 amide bonds. The number of fused-ring (bicyclic) bond motifs is 1. The fourth-order valence-corrected chi connectivity index (χ4v) is 4.11. The molecule has 4 aromatic heterocycles. The zero-order chi connectivity index (χ0) is 20.5. The molecule has 0 saturated heterocycles. The van der Waals surface area contributed by atoms with Crippen molar-refractivity contribution in [1.29, 1.82) is 0 Å². The van der Waals surface area contributed by atoms with Gasteiger partial charge in [0.05, 0.1) is 33.4 Å². The standard InChI is InChI=1S/C22H16ClN5OS/c23-15-8-9-20-25-16(13-27(20)12-15)11-24-22(29)18-14-28(17-5-2-1-3-6-17)26-21(18)19-7-4-10-30-19/h1-10,12-14H,11H2,(H,24,29). The van der Waals surface area contributed by atoms with Gasteiger partial charge >= 0.3 is 0 Å². The summed E-state index contributed by atoms with van der Waals surface area (Å²) in [5.74, 6) is -0.198. The molecule has 0 spiro atoms. The number of thiophene rings is 1. The molecule has 8 heteroatoms. The average molecular weight is 434 g/mol. The molecule has 0 aliphatic rings. The molecule has 0 aliphatic heterocycles. The van der Waals surface area contributed by atoms with E-state index in [2.05, 4.69) is 15.4 Å². The average Bonchev–Trinajstić information content (AvgIpc) is 3.51. The van der Waals surface area contributed by atoms with Crippen molar-refractivity contribution < 1.29 is 4.79 Å². The number of amides is 1. The van der Waals surface area contributed by atoms with Gasteiger partial charge in [-0.15, -0.1) is 11.3 Å². The maximum Gasteiger partial charge on any atom is 0.255 e. The quantitative estimate of drug-likeness (QED) is 0.431. The Bertz CT molecular complexity index is 1320. The first-order valence-electron chi connectivity index (χ1n) is 9.28. The van der Waals surface area contributed by atoms with E-state index in [1.807, 2.05) is 64.5 Å². The number of hydrogen-bond acceptors (Lipinski definition) is 4. The molecule has 0 unspecified atom stereocenters. The molecule has 0 aliphatic carbocycles. The highest BCUT2D eigenvalue weighted by molar-refractivity contribution is 7.13. The number of rotatable bonds is 5. The van der Waals surface area contributed by atoms with Gasteiger partial charge in [0, 0.05) is 18.6 Å². The van der Waals surface area contributed by atoms with Crippen molar-refractivity contribution in [1.82, 2.24) is 24.5 Å². The van der Waals surface area contributed by atoms with E-state index in [9.17, 15) is 4.79 Å². The Morgan fingerprint density at radius 1 is 1.03 bits per heavy atom. The summed E-state index contributed by atoms with van der Waals surface area (Å²) in [7, 11) is 0. The van der Waals surface area contributed by atoms with E-state index >= 15 is 0 Å². The van der Waals surface area contributed by atoms with Crippen LogP contribution in [0.3, 0.4) is 0 Å². The highest BCUT2D eigenvalue weighted by atomic mass is 35.5. The van der Waals surface area contributed by atoms with Gasteiger partial charge in [0.1, 0.15) is 11.3 Å². The highest BCUT2D eigenvalue weighted by Gasteiger charge is 2.19. The van der Waals surface area contributed by atoms with Crippen molar-refractivity contribution in [2.24, 2.45) is 0 Å². The Hall–Kier alpha value is -3.42. The molecule has 5 rings (SSSR count). The third kappa shape index (κ3) is 3.60. The monoisotopic (exact) mass is 433 g/mol. The predicted molar refractivity (Wildman–Crippen MR) is 118 cm³/mol. The van der Waals surface area contributed by atoms with E-state index < -0.39 is 0 Å². The molecule has 0 bridgehead atoms. The molecule has 0 atom stereocenters. The van der Waals surface area contributed by atoms with Gasteiger partial charge < -0.3 is 9.72 Å². The second-order valence-electron chi connectivity index (χ2n) is 6.68. The maximum absolute atomic E-state index is 13.0. The van der Waals surface area contributed by atoms with E-state index in [0.717, 1.165) is 21.9 Å². The number of para-hydroxylation sites is 1. The lowest BCUT2D eigenvalue weighted by Crippen LogP contribution is -2.23. The fraction of sp³-hybridized carbons (Fsp3) is 0.0455. The van der Waals surface area contributed by atoms with E-state index in [1.54, 1.807) is 34.5 Å². The van der Waals surface area contributed by atoms with Gasteiger partial charge in [-0.1, -0.05) is 35.9 Å². The van der Waals surface area contributed by atoms with Gasteiger partial charge in [-0.05, 0) is 35.7 Å². The van der Waals surface area contributed by atoms with Crippen molar-refractivity contribution in [3.8, 4) is 16.3 Å². The summed E-state index contributed by atoms with van der Waals surface area (Å²) in [6, 6.07) is 17.3. The second-order valence-corrected chi connectivity index (χ2v) is 8.06. The molecule has 0 saturated carbocycles. The van der Waals surface area contributed by atoms with Crippen LogP contribution in [0.2, 0.25) is 5.02 Å². The number of nitrogens with one attached hydrogen (secondary N) is 1. The van der Waals surface area contributed by atoms with Crippen LogP contribution in [-0.2, 0) is 6.54 Å². The summed E-state index contributed by atoms with van der Waals surface area (Å²) >= 11 is 7.58. The summed E-state index contributed by atoms with van der Waals surface area (Å²) < 4.78 is 3.57. The molecule has 148 valence electrons. The van der Waals surface area contributed by atoms with Crippen molar-refractivity contribution in [2.75, 3.05) is 0 Å². The first-order chi connectivity index (χ1) is 14.7. The van der Waals surface area contributed by atoms with Crippen LogP contribution in [0.15, 0.2) is 78.6 Å². The van der Waals surface area contributed by atoms with Gasteiger partial charge in [0.25, 0.3) is 5.91 Å². The Kier molecular flexibility index (Phi) is 4.82. The Morgan fingerprint density at radius 2 is 1.90 bits per heavy atom. The molecule has 6 nitrogen and oxygen atoms in total. The number of halogens is 1. The number of carbonyl (C=O) groups excluding carboxylic acids is 1. The fourth-order valence-electron chi connectivity index (χ4n) is 3.22. The summed E-state index contributed by atoms with van der Waals surface area (Å²) in [5, 5.41) is 10.2. The first-order valence-corrected chi connectivity index (χ1v) is 10.5. The third-order valence-electron chi connectivity index (χ3n) is 4.63. The summed E-state index contributed by atoms with van der Waals surface area (Å²) in [4.78, 5) is 18.5. The molecule has 5 aromatic rings. The minimum atomic E-state index is -0.198. The number of hydrogen-bond donors (Lipinski definition) is 1. The van der Waals surface area contributed by atoms with Gasteiger partial charge in [0.15, 0.2) is 0 Å². The van der Waals surface area contributed by atoms with Crippen LogP contribution >= 0.6 is 22.9 Å². The number of imidazole rings is 1. The van der Waals surface area contributed by atoms with Gasteiger partial charge in [0.2, 0.25) is 0 Å². The van der Waals surface area contributed by atoms with Crippen molar-refractivity contribution in [3.05, 3.63) is 94.8 Å². The smallest absolute Gasteiger partial charge is 0.255 e. The SMILES string of the molecule is O=C(NCc1cn2cc(Cl)ccc2n1)c1cn(-c2ccccc2)nc1-c1cccs1. The molecule has 1 N–H and O–H groups in total. The highest BCUT2D eigenvalue weighted by Crippen LogP contribution is 2.27. The molecular formula is C22H16ClN5OS. The van der Waals surface area contributed by atoms with Crippen LogP contribution in [0.5, 0.6) is 0 Å². The number of aromatic nitrogens is 4. The first kappa shape index (κ1) is 18.6. The van der Waals surface area contributed by atoms with E-state index in [0.29, 0.717) is 22.8 Å². The van der Waals surface area contributed by atoms with Crippen LogP contribution in [0, 0.1) is 0 Å². The Balaban J connectivity index is 1.43. The normalized spacial score (nSPS) is 11.1. The zero-order valence-electron chi connectivity index (χ0n) is 15.7.